The maximum Gasteiger partial charge on any atom is 0.274 e. The molecule has 0 radical (unpaired) electrons. The number of ether oxygens (including phenoxy) is 1. The minimum absolute atomic E-state index is 0.00530. The first-order valence-corrected chi connectivity index (χ1v) is 8.98. The summed E-state index contributed by atoms with van der Waals surface area (Å²) < 4.78 is 7.37. The second-order valence-corrected chi connectivity index (χ2v) is 7.14. The number of pyridine rings is 1. The molecule has 3 aromatic rings. The van der Waals surface area contributed by atoms with E-state index in [0.717, 1.165) is 34.9 Å². The molecule has 0 saturated carbocycles. The molecule has 3 rings (SSSR count). The molecule has 0 fully saturated rings. The first-order chi connectivity index (χ1) is 12.4. The van der Waals surface area contributed by atoms with Crippen molar-refractivity contribution in [2.24, 2.45) is 0 Å². The van der Waals surface area contributed by atoms with Crippen molar-refractivity contribution in [2.45, 2.75) is 45.8 Å². The fourth-order valence-corrected chi connectivity index (χ4v) is 3.20. The highest BCUT2D eigenvalue weighted by molar-refractivity contribution is 5.95. The largest absolute Gasteiger partial charge is 0.496 e. The lowest BCUT2D eigenvalue weighted by molar-refractivity contribution is 0.0783. The summed E-state index contributed by atoms with van der Waals surface area (Å²) in [6.07, 6.45) is 5.67. The highest BCUT2D eigenvalue weighted by Crippen LogP contribution is 2.36. The van der Waals surface area contributed by atoms with Crippen molar-refractivity contribution in [3.63, 3.8) is 0 Å². The fourth-order valence-electron chi connectivity index (χ4n) is 3.20. The standard InChI is InChI=1S/C21H26N2O3/c1-5-6-11-23-13-17(16-9-10-22-19(16)20(23)24)15-8-7-14(21(2,3)25)12-18(15)26-4/h7-10,12-13,22,25H,5-6,11H2,1-4H3. The molecule has 0 amide bonds. The average molecular weight is 354 g/mol. The Morgan fingerprint density at radius 2 is 2.00 bits per heavy atom. The van der Waals surface area contributed by atoms with Crippen LogP contribution in [0.2, 0.25) is 0 Å². The van der Waals surface area contributed by atoms with Crippen LogP contribution in [0.15, 0.2) is 41.5 Å². The van der Waals surface area contributed by atoms with Gasteiger partial charge in [-0.1, -0.05) is 25.5 Å². The quantitative estimate of drug-likeness (QED) is 0.702. The van der Waals surface area contributed by atoms with Gasteiger partial charge in [0.05, 0.1) is 12.7 Å². The molecule has 0 atom stereocenters. The Balaban J connectivity index is 2.23. The first kappa shape index (κ1) is 18.3. The Morgan fingerprint density at radius 3 is 2.65 bits per heavy atom. The summed E-state index contributed by atoms with van der Waals surface area (Å²) in [4.78, 5) is 15.8. The van der Waals surface area contributed by atoms with Crippen LogP contribution in [0.4, 0.5) is 0 Å². The maximum atomic E-state index is 12.7. The molecule has 2 N–H and O–H groups in total. The van der Waals surface area contributed by atoms with Crippen molar-refractivity contribution in [1.29, 1.82) is 0 Å². The van der Waals surface area contributed by atoms with E-state index in [2.05, 4.69) is 11.9 Å². The molecule has 0 saturated heterocycles. The number of unbranched alkanes of at least 4 members (excludes halogenated alkanes) is 1. The molecular formula is C21H26N2O3. The van der Waals surface area contributed by atoms with E-state index in [1.807, 2.05) is 30.5 Å². The lowest BCUT2D eigenvalue weighted by atomic mass is 9.94. The van der Waals surface area contributed by atoms with E-state index in [1.54, 1.807) is 31.7 Å². The molecule has 5 nitrogen and oxygen atoms in total. The van der Waals surface area contributed by atoms with Crippen molar-refractivity contribution in [3.8, 4) is 16.9 Å². The van der Waals surface area contributed by atoms with Crippen molar-refractivity contribution in [3.05, 3.63) is 52.6 Å². The molecule has 26 heavy (non-hydrogen) atoms. The molecule has 0 unspecified atom stereocenters. The van der Waals surface area contributed by atoms with Crippen molar-refractivity contribution >= 4 is 10.9 Å². The maximum absolute atomic E-state index is 12.7. The normalized spacial score (nSPS) is 11.9. The highest BCUT2D eigenvalue weighted by atomic mass is 16.5. The Hall–Kier alpha value is -2.53. The Kier molecular flexibility index (Phi) is 4.92. The van der Waals surface area contributed by atoms with Crippen LogP contribution in [0.1, 0.15) is 39.2 Å². The van der Waals surface area contributed by atoms with Crippen LogP contribution in [-0.2, 0) is 12.1 Å². The van der Waals surface area contributed by atoms with Gasteiger partial charge in [0.25, 0.3) is 5.56 Å². The predicted molar refractivity (Wildman–Crippen MR) is 105 cm³/mol. The number of hydrogen-bond acceptors (Lipinski definition) is 3. The van der Waals surface area contributed by atoms with Gasteiger partial charge in [-0.3, -0.25) is 4.79 Å². The molecule has 1 aromatic carbocycles. The molecule has 2 aromatic heterocycles. The van der Waals surface area contributed by atoms with E-state index in [9.17, 15) is 9.90 Å². The molecular weight excluding hydrogens is 328 g/mol. The smallest absolute Gasteiger partial charge is 0.274 e. The number of H-pyrrole nitrogens is 1. The predicted octanol–water partition coefficient (Wildman–Crippen LogP) is 4.03. The minimum Gasteiger partial charge on any atom is -0.496 e. The van der Waals surface area contributed by atoms with Crippen LogP contribution >= 0.6 is 0 Å². The summed E-state index contributed by atoms with van der Waals surface area (Å²) in [5.41, 5.74) is 2.27. The SMILES string of the molecule is CCCCn1cc(-c2ccc(C(C)(C)O)cc2OC)c2cc[nH]c2c1=O. The van der Waals surface area contributed by atoms with Gasteiger partial charge in [-0.2, -0.15) is 0 Å². The number of aryl methyl sites for hydroxylation is 1. The minimum atomic E-state index is -0.949. The number of nitrogens with one attached hydrogen (secondary N) is 1. The van der Waals surface area contributed by atoms with Crippen LogP contribution in [0.25, 0.3) is 22.0 Å². The number of fused-ring (bicyclic) bond motifs is 1. The number of aromatic nitrogens is 2. The lowest BCUT2D eigenvalue weighted by Gasteiger charge is -2.20. The van der Waals surface area contributed by atoms with Gasteiger partial charge >= 0.3 is 0 Å². The second kappa shape index (κ2) is 7.00. The molecule has 0 aliphatic heterocycles. The molecule has 0 bridgehead atoms. The molecule has 0 aliphatic rings. The van der Waals surface area contributed by atoms with Gasteiger partial charge in [0.1, 0.15) is 11.3 Å². The number of rotatable bonds is 6. The molecule has 0 aliphatic carbocycles. The van der Waals surface area contributed by atoms with Gasteiger partial charge in [0.15, 0.2) is 0 Å². The monoisotopic (exact) mass is 354 g/mol. The van der Waals surface area contributed by atoms with Gasteiger partial charge in [0.2, 0.25) is 0 Å². The van der Waals surface area contributed by atoms with E-state index in [1.165, 1.54) is 0 Å². The number of aliphatic hydroxyl groups is 1. The zero-order valence-corrected chi connectivity index (χ0v) is 15.8. The average Bonchev–Trinajstić information content (AvgIpc) is 3.10. The summed E-state index contributed by atoms with van der Waals surface area (Å²) in [6, 6.07) is 7.62. The first-order valence-electron chi connectivity index (χ1n) is 8.98. The van der Waals surface area contributed by atoms with Crippen molar-refractivity contribution in [1.82, 2.24) is 9.55 Å². The van der Waals surface area contributed by atoms with E-state index in [4.69, 9.17) is 4.74 Å². The van der Waals surface area contributed by atoms with E-state index >= 15 is 0 Å². The Bertz CT molecular complexity index is 977. The van der Waals surface area contributed by atoms with Crippen LogP contribution in [0, 0.1) is 0 Å². The summed E-state index contributed by atoms with van der Waals surface area (Å²) in [5, 5.41) is 11.2. The number of methoxy groups -OCH3 is 1. The van der Waals surface area contributed by atoms with Gasteiger partial charge in [-0.05, 0) is 38.0 Å². The van der Waals surface area contributed by atoms with Gasteiger partial charge in [-0.25, -0.2) is 0 Å². The molecule has 0 spiro atoms. The number of nitrogens with zero attached hydrogens (tertiary/aromatic N) is 1. The Labute approximate surface area is 153 Å². The molecule has 2 heterocycles. The third kappa shape index (κ3) is 3.27. The van der Waals surface area contributed by atoms with Gasteiger partial charge < -0.3 is 19.4 Å². The summed E-state index contributed by atoms with van der Waals surface area (Å²) >= 11 is 0. The number of benzene rings is 1. The zero-order valence-electron chi connectivity index (χ0n) is 15.8. The van der Waals surface area contributed by atoms with Gasteiger partial charge in [-0.15, -0.1) is 0 Å². The van der Waals surface area contributed by atoms with Crippen LogP contribution in [-0.4, -0.2) is 21.8 Å². The number of hydrogen-bond donors (Lipinski definition) is 2. The van der Waals surface area contributed by atoms with Crippen LogP contribution in [0.3, 0.4) is 0 Å². The highest BCUT2D eigenvalue weighted by Gasteiger charge is 2.20. The van der Waals surface area contributed by atoms with E-state index < -0.39 is 5.60 Å². The van der Waals surface area contributed by atoms with E-state index in [0.29, 0.717) is 17.8 Å². The summed E-state index contributed by atoms with van der Waals surface area (Å²) in [5.74, 6) is 0.674. The summed E-state index contributed by atoms with van der Waals surface area (Å²) in [7, 11) is 1.62. The van der Waals surface area contributed by atoms with Crippen molar-refractivity contribution < 1.29 is 9.84 Å². The van der Waals surface area contributed by atoms with Crippen molar-refractivity contribution in [2.75, 3.05) is 7.11 Å². The molecule has 138 valence electrons. The van der Waals surface area contributed by atoms with Gasteiger partial charge in [0, 0.05) is 35.5 Å². The number of aromatic amines is 1. The third-order valence-electron chi connectivity index (χ3n) is 4.75. The fraction of sp³-hybridized carbons (Fsp3) is 0.381. The second-order valence-electron chi connectivity index (χ2n) is 7.14. The third-order valence-corrected chi connectivity index (χ3v) is 4.75. The molecule has 5 heteroatoms. The van der Waals surface area contributed by atoms with E-state index in [-0.39, 0.29) is 5.56 Å². The van der Waals surface area contributed by atoms with Crippen LogP contribution < -0.4 is 10.3 Å². The van der Waals surface area contributed by atoms with Crippen LogP contribution in [0.5, 0.6) is 5.75 Å². The topological polar surface area (TPSA) is 67.2 Å². The summed E-state index contributed by atoms with van der Waals surface area (Å²) in [6.45, 7) is 6.28. The lowest BCUT2D eigenvalue weighted by Crippen LogP contribution is -2.20. The zero-order chi connectivity index (χ0) is 18.9. The Morgan fingerprint density at radius 1 is 1.23 bits per heavy atom.